The summed E-state index contributed by atoms with van der Waals surface area (Å²) in [6.45, 7) is 3.68. The largest absolute Gasteiger partial charge is 0.323 e. The van der Waals surface area contributed by atoms with Gasteiger partial charge in [-0.15, -0.1) is 10.2 Å². The quantitative estimate of drug-likeness (QED) is 0.640. The Balaban J connectivity index is 1.71. The van der Waals surface area contributed by atoms with Crippen LogP contribution in [0.25, 0.3) is 0 Å². The van der Waals surface area contributed by atoms with Gasteiger partial charge in [-0.05, 0) is 31.5 Å². The van der Waals surface area contributed by atoms with Crippen molar-refractivity contribution < 1.29 is 13.6 Å². The molecular formula is C19H18F2N4OS. The minimum absolute atomic E-state index is 0.0142. The number of anilines is 1. The van der Waals surface area contributed by atoms with E-state index in [1.165, 1.54) is 11.8 Å². The Morgan fingerprint density at radius 3 is 2.63 bits per heavy atom. The normalized spacial score (nSPS) is 13.2. The van der Waals surface area contributed by atoms with Crippen molar-refractivity contribution in [2.45, 2.75) is 30.3 Å². The molecule has 1 aromatic heterocycles. The molecule has 1 amide bonds. The molecule has 0 aliphatic rings. The van der Waals surface area contributed by atoms with E-state index in [4.69, 9.17) is 0 Å². The molecule has 8 heteroatoms. The summed E-state index contributed by atoms with van der Waals surface area (Å²) in [6, 6.07) is 12.8. The molecule has 0 spiro atoms. The van der Waals surface area contributed by atoms with Crippen molar-refractivity contribution in [2.75, 3.05) is 5.32 Å². The van der Waals surface area contributed by atoms with Gasteiger partial charge in [-0.1, -0.05) is 42.1 Å². The summed E-state index contributed by atoms with van der Waals surface area (Å²) in [5, 5.41) is 10.4. The minimum Gasteiger partial charge on any atom is -0.323 e. The summed E-state index contributed by atoms with van der Waals surface area (Å²) in [7, 11) is 0. The first-order valence-electron chi connectivity index (χ1n) is 8.32. The lowest BCUT2D eigenvalue weighted by Crippen LogP contribution is -2.23. The Morgan fingerprint density at radius 2 is 1.89 bits per heavy atom. The van der Waals surface area contributed by atoms with Crippen LogP contribution in [0.3, 0.4) is 0 Å². The summed E-state index contributed by atoms with van der Waals surface area (Å²) in [5.41, 5.74) is 0.893. The average Bonchev–Trinajstić information content (AvgIpc) is 3.12. The molecule has 5 nitrogen and oxygen atoms in total. The van der Waals surface area contributed by atoms with Crippen molar-refractivity contribution in [1.82, 2.24) is 14.8 Å². The van der Waals surface area contributed by atoms with Gasteiger partial charge in [-0.2, -0.15) is 0 Å². The van der Waals surface area contributed by atoms with E-state index < -0.39 is 22.8 Å². The first-order chi connectivity index (χ1) is 13.0. The highest BCUT2D eigenvalue weighted by Gasteiger charge is 2.21. The maximum Gasteiger partial charge on any atom is 0.237 e. The molecule has 2 atom stereocenters. The Bertz CT molecular complexity index is 932. The number of benzene rings is 2. The summed E-state index contributed by atoms with van der Waals surface area (Å²) < 4.78 is 28.8. The van der Waals surface area contributed by atoms with Gasteiger partial charge in [0.1, 0.15) is 18.0 Å². The number of aromatic nitrogens is 3. The molecule has 2 aromatic carbocycles. The SMILES string of the molecule is C[C@@H](Sc1nncn1[C@@H](C)c1ccccc1)C(=O)Nc1cc(F)ccc1F. The first kappa shape index (κ1) is 19.0. The van der Waals surface area contributed by atoms with Crippen LogP contribution in [-0.4, -0.2) is 25.9 Å². The molecule has 3 rings (SSSR count). The van der Waals surface area contributed by atoms with Crippen LogP contribution < -0.4 is 5.32 Å². The van der Waals surface area contributed by atoms with Crippen molar-refractivity contribution >= 4 is 23.4 Å². The third-order valence-corrected chi connectivity index (χ3v) is 5.15. The van der Waals surface area contributed by atoms with Gasteiger partial charge >= 0.3 is 0 Å². The summed E-state index contributed by atoms with van der Waals surface area (Å²) in [5.74, 6) is -1.77. The van der Waals surface area contributed by atoms with E-state index in [2.05, 4.69) is 15.5 Å². The van der Waals surface area contributed by atoms with Gasteiger partial charge in [0.15, 0.2) is 5.16 Å². The van der Waals surface area contributed by atoms with Crippen LogP contribution in [0.1, 0.15) is 25.5 Å². The van der Waals surface area contributed by atoms with Gasteiger partial charge in [-0.3, -0.25) is 4.79 Å². The van der Waals surface area contributed by atoms with E-state index in [0.29, 0.717) is 5.16 Å². The van der Waals surface area contributed by atoms with Crippen LogP contribution in [0.4, 0.5) is 14.5 Å². The van der Waals surface area contributed by atoms with Gasteiger partial charge in [-0.25, -0.2) is 8.78 Å². The number of carbonyl (C=O) groups is 1. The van der Waals surface area contributed by atoms with Crippen LogP contribution >= 0.6 is 11.8 Å². The number of nitrogens with one attached hydrogen (secondary N) is 1. The molecule has 0 saturated heterocycles. The van der Waals surface area contributed by atoms with Crippen LogP contribution in [-0.2, 0) is 4.79 Å². The fourth-order valence-corrected chi connectivity index (χ4v) is 3.42. The molecule has 0 aliphatic heterocycles. The van der Waals surface area contributed by atoms with Crippen molar-refractivity contribution in [3.05, 3.63) is 72.1 Å². The van der Waals surface area contributed by atoms with Gasteiger partial charge in [0.05, 0.1) is 17.0 Å². The number of halogens is 2. The van der Waals surface area contributed by atoms with Gasteiger partial charge in [0.2, 0.25) is 5.91 Å². The predicted molar refractivity (Wildman–Crippen MR) is 101 cm³/mol. The Labute approximate surface area is 159 Å². The zero-order chi connectivity index (χ0) is 19.4. The monoisotopic (exact) mass is 388 g/mol. The number of hydrogen-bond donors (Lipinski definition) is 1. The zero-order valence-electron chi connectivity index (χ0n) is 14.8. The zero-order valence-corrected chi connectivity index (χ0v) is 15.6. The molecule has 0 fully saturated rings. The fraction of sp³-hybridized carbons (Fsp3) is 0.211. The van der Waals surface area contributed by atoms with Gasteiger partial charge in [0.25, 0.3) is 0 Å². The van der Waals surface area contributed by atoms with Gasteiger partial charge in [0, 0.05) is 6.07 Å². The van der Waals surface area contributed by atoms with Crippen molar-refractivity contribution in [3.8, 4) is 0 Å². The topological polar surface area (TPSA) is 59.8 Å². The smallest absolute Gasteiger partial charge is 0.237 e. The van der Waals surface area contributed by atoms with E-state index in [-0.39, 0.29) is 11.7 Å². The maximum atomic E-state index is 13.7. The highest BCUT2D eigenvalue weighted by molar-refractivity contribution is 8.00. The summed E-state index contributed by atoms with van der Waals surface area (Å²) >= 11 is 1.20. The second-order valence-corrected chi connectivity index (χ2v) is 7.29. The molecule has 1 heterocycles. The average molecular weight is 388 g/mol. The maximum absolute atomic E-state index is 13.7. The van der Waals surface area contributed by atoms with Crippen LogP contribution in [0.2, 0.25) is 0 Å². The first-order valence-corrected chi connectivity index (χ1v) is 9.20. The standard InChI is InChI=1S/C19H18F2N4OS/c1-12(14-6-4-3-5-7-14)25-11-22-24-19(25)27-13(2)18(26)23-17-10-15(20)8-9-16(17)21/h3-13H,1-2H3,(H,23,26)/t12-,13+/m0/s1. The fourth-order valence-electron chi connectivity index (χ4n) is 2.51. The number of hydrogen-bond acceptors (Lipinski definition) is 4. The minimum atomic E-state index is -0.692. The van der Waals surface area contributed by atoms with Crippen LogP contribution in [0, 0.1) is 11.6 Å². The van der Waals surface area contributed by atoms with E-state index in [1.807, 2.05) is 41.8 Å². The van der Waals surface area contributed by atoms with Crippen LogP contribution in [0.5, 0.6) is 0 Å². The van der Waals surface area contributed by atoms with E-state index in [0.717, 1.165) is 23.8 Å². The number of amides is 1. The number of thioether (sulfide) groups is 1. The second kappa shape index (κ2) is 8.30. The molecule has 0 unspecified atom stereocenters. The Hall–Kier alpha value is -2.74. The second-order valence-electron chi connectivity index (χ2n) is 5.98. The van der Waals surface area contributed by atoms with Crippen molar-refractivity contribution in [3.63, 3.8) is 0 Å². The Kier molecular flexibility index (Phi) is 5.85. The van der Waals surface area contributed by atoms with Crippen molar-refractivity contribution in [2.24, 2.45) is 0 Å². The molecule has 0 aliphatic carbocycles. The summed E-state index contributed by atoms with van der Waals surface area (Å²) in [4.78, 5) is 12.4. The van der Waals surface area contributed by atoms with E-state index in [1.54, 1.807) is 13.3 Å². The summed E-state index contributed by atoms with van der Waals surface area (Å²) in [6.07, 6.45) is 1.61. The predicted octanol–water partition coefficient (Wildman–Crippen LogP) is 4.28. The Morgan fingerprint density at radius 1 is 1.15 bits per heavy atom. The van der Waals surface area contributed by atoms with E-state index in [9.17, 15) is 13.6 Å². The molecule has 140 valence electrons. The molecular weight excluding hydrogens is 370 g/mol. The number of rotatable bonds is 6. The van der Waals surface area contributed by atoms with E-state index >= 15 is 0 Å². The third-order valence-electron chi connectivity index (χ3n) is 4.08. The molecule has 3 aromatic rings. The highest BCUT2D eigenvalue weighted by Crippen LogP contribution is 2.27. The third kappa shape index (κ3) is 4.51. The molecule has 0 radical (unpaired) electrons. The molecule has 0 bridgehead atoms. The lowest BCUT2D eigenvalue weighted by molar-refractivity contribution is -0.115. The lowest BCUT2D eigenvalue weighted by Gasteiger charge is -2.17. The molecule has 27 heavy (non-hydrogen) atoms. The highest BCUT2D eigenvalue weighted by atomic mass is 32.2. The van der Waals surface area contributed by atoms with Crippen LogP contribution in [0.15, 0.2) is 60.0 Å². The lowest BCUT2D eigenvalue weighted by atomic mass is 10.1. The van der Waals surface area contributed by atoms with Gasteiger partial charge < -0.3 is 9.88 Å². The number of nitrogens with zero attached hydrogens (tertiary/aromatic N) is 3. The molecule has 0 saturated carbocycles. The molecule has 1 N–H and O–H groups in total. The van der Waals surface area contributed by atoms with Crippen molar-refractivity contribution in [1.29, 1.82) is 0 Å². The number of carbonyl (C=O) groups excluding carboxylic acids is 1.